The number of aromatic nitrogens is 2. The van der Waals surface area contributed by atoms with Crippen LogP contribution in [0.4, 0.5) is 8.78 Å². The van der Waals surface area contributed by atoms with Crippen LogP contribution in [0.3, 0.4) is 0 Å². The average Bonchev–Trinajstić information content (AvgIpc) is 3.97. The molecule has 0 bridgehead atoms. The molecule has 2 aliphatic carbocycles. The lowest BCUT2D eigenvalue weighted by molar-refractivity contribution is -0.0563. The van der Waals surface area contributed by atoms with E-state index in [0.29, 0.717) is 64.4 Å². The molecule has 6 aromatic rings. The Labute approximate surface area is 363 Å². The molecule has 2 heterocycles. The van der Waals surface area contributed by atoms with Crippen LogP contribution in [0.25, 0.3) is 22.9 Å². The Morgan fingerprint density at radius 2 is 1.11 bits per heavy atom. The minimum atomic E-state index is -0.958. The van der Waals surface area contributed by atoms with Gasteiger partial charge in [0.1, 0.15) is 47.4 Å². The zero-order valence-corrected chi connectivity index (χ0v) is 35.1. The summed E-state index contributed by atoms with van der Waals surface area (Å²) in [5, 5.41) is 18.7. The van der Waals surface area contributed by atoms with Gasteiger partial charge >= 0.3 is 11.9 Å². The van der Waals surface area contributed by atoms with Gasteiger partial charge in [-0.2, -0.15) is 0 Å². The number of oxazole rings is 2. The normalized spacial score (nSPS) is 18.6. The van der Waals surface area contributed by atoms with E-state index < -0.39 is 11.9 Å². The minimum Gasteiger partial charge on any atom is -0.490 e. The molecule has 12 nitrogen and oxygen atoms in total. The van der Waals surface area contributed by atoms with E-state index in [1.54, 1.807) is 68.0 Å². The number of benzene rings is 4. The second-order valence-corrected chi connectivity index (χ2v) is 15.9. The Kier molecular flexibility index (Phi) is 15.1. The van der Waals surface area contributed by atoms with Gasteiger partial charge in [0.15, 0.2) is 0 Å². The maximum Gasteiger partial charge on any atom is 0.336 e. The summed E-state index contributed by atoms with van der Waals surface area (Å²) in [6.07, 6.45) is 10.3. The lowest BCUT2D eigenvalue weighted by Gasteiger charge is -2.29. The lowest BCUT2D eigenvalue weighted by Crippen LogP contribution is -2.30. The van der Waals surface area contributed by atoms with Crippen molar-refractivity contribution in [2.24, 2.45) is 0 Å². The van der Waals surface area contributed by atoms with Crippen molar-refractivity contribution in [2.45, 2.75) is 109 Å². The van der Waals surface area contributed by atoms with E-state index in [9.17, 15) is 28.6 Å². The molecule has 0 aliphatic heterocycles. The van der Waals surface area contributed by atoms with E-state index in [2.05, 4.69) is 9.97 Å². The predicted molar refractivity (Wildman–Crippen MR) is 227 cm³/mol. The molecule has 0 saturated heterocycles. The van der Waals surface area contributed by atoms with Gasteiger partial charge in [0.25, 0.3) is 0 Å². The zero-order chi connectivity index (χ0) is 44.3. The number of aromatic carboxylic acids is 2. The standard InChI is InChI=1S/C25H26FNO5.C24H24FNO5/c1-16-5-6-18(23(11-16)25(28)29)13-30-21-3-2-4-22(12-21)31-14-20-15-32-24(27-20)17-7-9-19(26)10-8-17;1-15-5-10-21(12-22(15)24(27)28)31-20-4-2-3-19(11-20)29-13-18-14-30-23(26-18)16-6-8-17(25)9-7-16/h5-11,15,21-22H,2-4,12-14H2,1H3,(H,28,29);5-10,12,14,19-20H,2-4,11,13H2,1H3,(H,27,28)/t21-,22+;19-,20+/m10/s1. The highest BCUT2D eigenvalue weighted by molar-refractivity contribution is 5.90. The molecular weight excluding hydrogens is 815 g/mol. The topological polar surface area (TPSA) is 164 Å². The fourth-order valence-corrected chi connectivity index (χ4v) is 7.69. The molecule has 8 rings (SSSR count). The van der Waals surface area contributed by atoms with Crippen molar-refractivity contribution in [1.82, 2.24) is 9.97 Å². The molecule has 0 radical (unpaired) electrons. The van der Waals surface area contributed by atoms with Crippen molar-refractivity contribution in [2.75, 3.05) is 0 Å². The van der Waals surface area contributed by atoms with Crippen LogP contribution in [-0.4, -0.2) is 56.5 Å². The first kappa shape index (κ1) is 44.8. The quantitative estimate of drug-likeness (QED) is 0.101. The van der Waals surface area contributed by atoms with Crippen LogP contribution in [0.2, 0.25) is 0 Å². The number of rotatable bonds is 15. The predicted octanol–water partition coefficient (Wildman–Crippen LogP) is 10.9. The van der Waals surface area contributed by atoms with Crippen molar-refractivity contribution in [1.29, 1.82) is 0 Å². The maximum absolute atomic E-state index is 13.1. The molecule has 4 aromatic carbocycles. The van der Waals surface area contributed by atoms with Crippen molar-refractivity contribution in [3.8, 4) is 28.7 Å². The monoisotopic (exact) mass is 864 g/mol. The summed E-state index contributed by atoms with van der Waals surface area (Å²) in [6.45, 7) is 4.54. The SMILES string of the molecule is Cc1ccc(CO[C@@H]2CCC[C@H](OCc3coc(-c4ccc(F)cc4)n3)C2)c(C(=O)O)c1.Cc1ccc(O[C@@H]2CCC[C@H](OCc3coc(-c4ccc(F)cc4)n3)C2)cc1C(=O)O. The second-order valence-electron chi connectivity index (χ2n) is 15.9. The third-order valence-corrected chi connectivity index (χ3v) is 11.1. The number of carboxylic acids is 2. The first-order valence-electron chi connectivity index (χ1n) is 21.0. The number of carboxylic acid groups (broad SMARTS) is 2. The van der Waals surface area contributed by atoms with E-state index in [0.717, 1.165) is 56.9 Å². The van der Waals surface area contributed by atoms with Crippen LogP contribution >= 0.6 is 0 Å². The summed E-state index contributed by atoms with van der Waals surface area (Å²) in [7, 11) is 0. The van der Waals surface area contributed by atoms with Gasteiger partial charge in [-0.25, -0.2) is 28.3 Å². The number of carbonyl (C=O) groups is 2. The summed E-state index contributed by atoms with van der Waals surface area (Å²) in [4.78, 5) is 31.7. The van der Waals surface area contributed by atoms with Gasteiger partial charge in [0.05, 0.1) is 49.3 Å². The number of aryl methyl sites for hydroxylation is 2. The highest BCUT2D eigenvalue weighted by Gasteiger charge is 2.26. The second kappa shape index (κ2) is 21.2. The molecule has 0 amide bonds. The summed E-state index contributed by atoms with van der Waals surface area (Å²) in [5.74, 6) is -1.09. The number of halogens is 2. The highest BCUT2D eigenvalue weighted by atomic mass is 19.1. The van der Waals surface area contributed by atoms with Crippen molar-refractivity contribution < 1.29 is 56.4 Å². The Balaban J connectivity index is 0.000000189. The Morgan fingerprint density at radius 1 is 0.619 bits per heavy atom. The number of nitrogens with zero attached hydrogens (tertiary/aromatic N) is 2. The molecule has 2 N–H and O–H groups in total. The Morgan fingerprint density at radius 3 is 1.63 bits per heavy atom. The molecule has 2 fully saturated rings. The molecule has 63 heavy (non-hydrogen) atoms. The summed E-state index contributed by atoms with van der Waals surface area (Å²) >= 11 is 0. The molecular formula is C49H50F2N2O10. The van der Waals surface area contributed by atoms with Crippen LogP contribution in [0, 0.1) is 25.5 Å². The average molecular weight is 865 g/mol. The van der Waals surface area contributed by atoms with E-state index in [4.69, 9.17) is 27.8 Å². The first-order valence-corrected chi connectivity index (χ1v) is 21.0. The minimum absolute atomic E-state index is 0.0174. The van der Waals surface area contributed by atoms with Gasteiger partial charge in [-0.3, -0.25) is 0 Å². The van der Waals surface area contributed by atoms with E-state index in [1.165, 1.54) is 24.3 Å². The molecule has 0 spiro atoms. The summed E-state index contributed by atoms with van der Waals surface area (Å²) in [5.41, 5.74) is 5.61. The van der Waals surface area contributed by atoms with Crippen molar-refractivity contribution in [3.63, 3.8) is 0 Å². The Bertz CT molecular complexity index is 2450. The summed E-state index contributed by atoms with van der Waals surface area (Å²) in [6, 6.07) is 22.5. The van der Waals surface area contributed by atoms with Gasteiger partial charge < -0.3 is 38.0 Å². The maximum atomic E-state index is 13.1. The van der Waals surface area contributed by atoms with Crippen LogP contribution in [0.5, 0.6) is 5.75 Å². The molecule has 2 aliphatic rings. The summed E-state index contributed by atoms with van der Waals surface area (Å²) < 4.78 is 61.3. The molecule has 2 aromatic heterocycles. The molecule has 330 valence electrons. The van der Waals surface area contributed by atoms with Gasteiger partial charge in [0.2, 0.25) is 11.8 Å². The molecule has 14 heteroatoms. The Hall–Kier alpha value is -6.22. The van der Waals surface area contributed by atoms with Gasteiger partial charge in [-0.1, -0.05) is 23.8 Å². The number of hydrogen-bond acceptors (Lipinski definition) is 10. The van der Waals surface area contributed by atoms with Crippen molar-refractivity contribution in [3.05, 3.63) is 148 Å². The van der Waals surface area contributed by atoms with E-state index in [-0.39, 0.29) is 53.8 Å². The van der Waals surface area contributed by atoms with Crippen LogP contribution in [0.1, 0.15) is 100 Å². The van der Waals surface area contributed by atoms with E-state index >= 15 is 0 Å². The fraction of sp³-hybridized carbons (Fsp3) is 0.347. The van der Waals surface area contributed by atoms with Gasteiger partial charge in [-0.15, -0.1) is 0 Å². The van der Waals surface area contributed by atoms with E-state index in [1.807, 2.05) is 19.1 Å². The highest BCUT2D eigenvalue weighted by Crippen LogP contribution is 2.29. The van der Waals surface area contributed by atoms with Crippen LogP contribution in [-0.2, 0) is 34.0 Å². The van der Waals surface area contributed by atoms with Crippen LogP contribution < -0.4 is 4.74 Å². The largest absolute Gasteiger partial charge is 0.490 e. The fourth-order valence-electron chi connectivity index (χ4n) is 7.69. The smallest absolute Gasteiger partial charge is 0.336 e. The molecule has 4 atom stereocenters. The zero-order valence-electron chi connectivity index (χ0n) is 35.1. The molecule has 2 saturated carbocycles. The number of ether oxygens (including phenoxy) is 4. The number of hydrogen-bond donors (Lipinski definition) is 2. The van der Waals surface area contributed by atoms with Crippen LogP contribution in [0.15, 0.2) is 106 Å². The molecule has 0 unspecified atom stereocenters. The van der Waals surface area contributed by atoms with Crippen molar-refractivity contribution >= 4 is 11.9 Å². The van der Waals surface area contributed by atoms with Gasteiger partial charge in [-0.05, 0) is 137 Å². The first-order chi connectivity index (χ1) is 30.4. The third-order valence-electron chi connectivity index (χ3n) is 11.1. The van der Waals surface area contributed by atoms with Gasteiger partial charge in [0, 0.05) is 17.5 Å². The lowest BCUT2D eigenvalue weighted by atomic mass is 9.94. The third kappa shape index (κ3) is 12.7.